The van der Waals surface area contributed by atoms with Gasteiger partial charge in [0, 0.05) is 0 Å². The first-order valence-electron chi connectivity index (χ1n) is 5.01. The van der Waals surface area contributed by atoms with Crippen molar-refractivity contribution in [3.63, 3.8) is 0 Å². The molecule has 0 bridgehead atoms. The minimum Gasteiger partial charge on any atom is -1.00 e. The second-order valence-corrected chi connectivity index (χ2v) is 16.3. The Labute approximate surface area is 120 Å². The summed E-state index contributed by atoms with van der Waals surface area (Å²) in [4.78, 5) is 0. The molecule has 0 saturated carbocycles. The van der Waals surface area contributed by atoms with E-state index in [1.165, 1.54) is 0 Å². The topological polar surface area (TPSA) is 0 Å². The van der Waals surface area contributed by atoms with Crippen LogP contribution in [0, 0.1) is 0 Å². The van der Waals surface area contributed by atoms with Crippen molar-refractivity contribution in [3.8, 4) is 0 Å². The maximum absolute atomic E-state index is 2.40. The largest absolute Gasteiger partial charge is 1.00 e. The number of rotatable bonds is 2. The first-order valence-corrected chi connectivity index (χ1v) is 13.4. The van der Waals surface area contributed by atoms with Crippen molar-refractivity contribution in [1.82, 2.24) is 0 Å². The third-order valence-electron chi connectivity index (χ3n) is 3.29. The summed E-state index contributed by atoms with van der Waals surface area (Å²) >= 11 is -1.47. The molecule has 0 fully saturated rings. The zero-order valence-corrected chi connectivity index (χ0v) is 15.0. The maximum atomic E-state index is 2.40. The molecular weight excluding hydrogens is 334 g/mol. The predicted octanol–water partition coefficient (Wildman–Crippen LogP) is -3.23. The molecule has 0 aliphatic heterocycles. The van der Waals surface area contributed by atoms with Gasteiger partial charge >= 0.3 is 95.9 Å². The van der Waals surface area contributed by atoms with Gasteiger partial charge in [0.25, 0.3) is 0 Å². The second-order valence-electron chi connectivity index (χ2n) is 4.48. The molecule has 2 aliphatic rings. The Morgan fingerprint density at radius 2 is 1.00 bits per heavy atom. The van der Waals surface area contributed by atoms with Crippen molar-refractivity contribution in [3.05, 3.63) is 48.6 Å². The third kappa shape index (κ3) is 2.90. The van der Waals surface area contributed by atoms with Crippen LogP contribution >= 0.6 is 0 Å². The fourth-order valence-corrected chi connectivity index (χ4v) is 10.7. The molecule has 0 amide bonds. The van der Waals surface area contributed by atoms with Crippen LogP contribution in [0.1, 0.15) is 13.8 Å². The van der Waals surface area contributed by atoms with Crippen LogP contribution in [0.15, 0.2) is 48.6 Å². The molecule has 4 heteroatoms. The minimum absolute atomic E-state index is 0. The summed E-state index contributed by atoms with van der Waals surface area (Å²) < 4.78 is 0.850. The molecule has 0 aromatic heterocycles. The predicted molar refractivity (Wildman–Crippen MR) is 61.8 cm³/mol. The zero-order chi connectivity index (χ0) is 10.2. The van der Waals surface area contributed by atoms with Gasteiger partial charge in [-0.25, -0.2) is 0 Å². The van der Waals surface area contributed by atoms with E-state index in [1.54, 1.807) is 0 Å². The number of halogens is 2. The van der Waals surface area contributed by atoms with Crippen LogP contribution in [0.3, 0.4) is 0 Å². The first-order chi connectivity index (χ1) is 6.57. The Hall–Kier alpha value is 0.640. The van der Waals surface area contributed by atoms with Crippen LogP contribution in [0.25, 0.3) is 0 Å². The van der Waals surface area contributed by atoms with E-state index < -0.39 is 20.4 Å². The van der Waals surface area contributed by atoms with Crippen molar-refractivity contribution in [1.29, 1.82) is 0 Å². The summed E-state index contributed by atoms with van der Waals surface area (Å²) in [7, 11) is 0. The quantitative estimate of drug-likeness (QED) is 0.460. The average Bonchev–Trinajstić information content (AvgIpc) is 2.75. The van der Waals surface area contributed by atoms with Gasteiger partial charge in [0.05, 0.1) is 0 Å². The summed E-state index contributed by atoms with van der Waals surface area (Å²) in [6, 6.07) is 0. The standard InChI is InChI=1S/2C6H7.2ClH.H2Si.Zr/c2*1-6-4-2-3-5-6;;;;/h2*2-5H,1H3;2*1H;1H2;/q;;;;;+2/p-2. The van der Waals surface area contributed by atoms with E-state index in [-0.39, 0.29) is 24.8 Å². The molecule has 0 nitrogen and oxygen atoms in total. The van der Waals surface area contributed by atoms with E-state index in [0.29, 0.717) is 6.25 Å². The summed E-state index contributed by atoms with van der Waals surface area (Å²) in [6.07, 6.45) is 18.4. The van der Waals surface area contributed by atoms with E-state index in [1.807, 2.05) is 0 Å². The summed E-state index contributed by atoms with van der Waals surface area (Å²) in [5.74, 6) is 0. The Balaban J connectivity index is 0.00000112. The molecule has 0 aromatic rings. The normalized spacial score (nSPS) is 21.1. The molecule has 0 radical (unpaired) electrons. The van der Waals surface area contributed by atoms with Crippen molar-refractivity contribution in [2.75, 3.05) is 0 Å². The van der Waals surface area contributed by atoms with Gasteiger partial charge in [-0.3, -0.25) is 0 Å². The Kier molecular flexibility index (Phi) is 6.24. The molecule has 2 aliphatic carbocycles. The van der Waals surface area contributed by atoms with E-state index in [0.717, 1.165) is 0 Å². The molecule has 86 valence electrons. The monoisotopic (exact) mass is 348 g/mol. The van der Waals surface area contributed by atoms with Crippen molar-refractivity contribution in [2.24, 2.45) is 0 Å². The van der Waals surface area contributed by atoms with Gasteiger partial charge in [0.2, 0.25) is 0 Å². The van der Waals surface area contributed by atoms with Gasteiger partial charge in [-0.1, -0.05) is 0 Å². The SMILES string of the molecule is C[C]1([Zr+2](=[SiH2])[C]2(C)C=CC=C2)C=CC=C1.[Cl-].[Cl-]. The van der Waals surface area contributed by atoms with Gasteiger partial charge in [-0.2, -0.15) is 0 Å². The van der Waals surface area contributed by atoms with Crippen LogP contribution in [-0.4, -0.2) is 6.88 Å². The molecule has 0 aromatic carbocycles. The molecule has 0 heterocycles. The molecule has 0 unspecified atom stereocenters. The number of hydrogen-bond donors (Lipinski definition) is 0. The van der Waals surface area contributed by atoms with Gasteiger partial charge in [0.15, 0.2) is 0 Å². The van der Waals surface area contributed by atoms with Crippen LogP contribution in [0.5, 0.6) is 0 Å². The fraction of sp³-hybridized carbons (Fsp3) is 0.333. The van der Waals surface area contributed by atoms with E-state index >= 15 is 0 Å². The molecule has 2 rings (SSSR count). The van der Waals surface area contributed by atoms with E-state index in [9.17, 15) is 0 Å². The molecular formula is C12H16Cl2SiZr. The van der Waals surface area contributed by atoms with E-state index in [4.69, 9.17) is 0 Å². The summed E-state index contributed by atoms with van der Waals surface area (Å²) in [5.41, 5.74) is 0. The fourth-order valence-electron chi connectivity index (χ4n) is 2.12. The summed E-state index contributed by atoms with van der Waals surface area (Å²) in [6.45, 7) is 7.11. The second kappa shape index (κ2) is 6.00. The number of allylic oxidation sites excluding steroid dienone is 8. The summed E-state index contributed by atoms with van der Waals surface area (Å²) in [5, 5.41) is 0. The van der Waals surface area contributed by atoms with Crippen LogP contribution in [-0.2, 0) is 20.4 Å². The first kappa shape index (κ1) is 16.6. The minimum atomic E-state index is -1.47. The van der Waals surface area contributed by atoms with Crippen LogP contribution in [0.2, 0.25) is 6.25 Å². The van der Waals surface area contributed by atoms with Gasteiger partial charge in [0.1, 0.15) is 0 Å². The Bertz CT molecular complexity index is 334. The van der Waals surface area contributed by atoms with E-state index in [2.05, 4.69) is 69.3 Å². The van der Waals surface area contributed by atoms with Crippen LogP contribution in [0.4, 0.5) is 0 Å². The maximum Gasteiger partial charge on any atom is -1.00 e. The van der Waals surface area contributed by atoms with Crippen molar-refractivity contribution in [2.45, 2.75) is 20.1 Å². The van der Waals surface area contributed by atoms with Gasteiger partial charge in [-0.05, 0) is 0 Å². The van der Waals surface area contributed by atoms with Crippen molar-refractivity contribution >= 4 is 6.88 Å². The average molecular weight is 350 g/mol. The zero-order valence-electron chi connectivity index (χ0n) is 9.58. The smallest absolute Gasteiger partial charge is 1.00 e. The molecule has 0 N–H and O–H groups in total. The Morgan fingerprint density at radius 3 is 1.25 bits per heavy atom. The molecule has 0 atom stereocenters. The van der Waals surface area contributed by atoms with Crippen molar-refractivity contribution < 1.29 is 45.2 Å². The van der Waals surface area contributed by atoms with Gasteiger partial charge in [-0.15, -0.1) is 0 Å². The third-order valence-corrected chi connectivity index (χ3v) is 20.3. The molecule has 0 spiro atoms. The van der Waals surface area contributed by atoms with Gasteiger partial charge < -0.3 is 24.8 Å². The molecule has 16 heavy (non-hydrogen) atoms. The number of hydrogen-bond acceptors (Lipinski definition) is 0. The van der Waals surface area contributed by atoms with Crippen LogP contribution < -0.4 is 24.8 Å². The Morgan fingerprint density at radius 1 is 0.750 bits per heavy atom. The molecule has 0 saturated heterocycles.